The summed E-state index contributed by atoms with van der Waals surface area (Å²) in [5.74, 6) is 0. The van der Waals surface area contributed by atoms with E-state index in [1.54, 1.807) is 23.6 Å². The van der Waals surface area contributed by atoms with E-state index in [1.165, 1.54) is 4.88 Å². The first-order valence-electron chi connectivity index (χ1n) is 4.03. The molecule has 0 saturated heterocycles. The van der Waals surface area contributed by atoms with Gasteiger partial charge in [0, 0.05) is 27.7 Å². The van der Waals surface area contributed by atoms with Gasteiger partial charge in [-0.05, 0) is 25.1 Å². The molecule has 13 heavy (non-hydrogen) atoms. The topological polar surface area (TPSA) is 38.9 Å². The second-order valence-corrected chi connectivity index (χ2v) is 4.04. The van der Waals surface area contributed by atoms with Crippen LogP contribution in [-0.2, 0) is 0 Å². The monoisotopic (exact) mass is 190 g/mol. The zero-order valence-corrected chi connectivity index (χ0v) is 8.14. The first-order valence-corrected chi connectivity index (χ1v) is 4.91. The van der Waals surface area contributed by atoms with Crippen LogP contribution in [0, 0.1) is 6.92 Å². The quantitative estimate of drug-likeness (QED) is 0.751. The van der Waals surface area contributed by atoms with Gasteiger partial charge in [-0.1, -0.05) is 0 Å². The van der Waals surface area contributed by atoms with E-state index in [-0.39, 0.29) is 0 Å². The maximum Gasteiger partial charge on any atom is 0.0730 e. The third-order valence-electron chi connectivity index (χ3n) is 1.81. The van der Waals surface area contributed by atoms with Crippen molar-refractivity contribution in [3.05, 3.63) is 34.7 Å². The van der Waals surface area contributed by atoms with Crippen molar-refractivity contribution < 1.29 is 0 Å². The number of aryl methyl sites for hydroxylation is 1. The van der Waals surface area contributed by atoms with Gasteiger partial charge >= 0.3 is 0 Å². The SMILES string of the molecule is Cc1cc(-c2cc(N)ccn2)cs1. The Morgan fingerprint density at radius 2 is 2.23 bits per heavy atom. The Bertz CT molecular complexity index is 420. The highest BCUT2D eigenvalue weighted by Gasteiger charge is 2.00. The Morgan fingerprint density at radius 1 is 1.38 bits per heavy atom. The zero-order valence-electron chi connectivity index (χ0n) is 7.32. The van der Waals surface area contributed by atoms with Crippen molar-refractivity contribution in [2.75, 3.05) is 5.73 Å². The molecule has 0 spiro atoms. The van der Waals surface area contributed by atoms with Gasteiger partial charge in [-0.15, -0.1) is 11.3 Å². The summed E-state index contributed by atoms with van der Waals surface area (Å²) in [6.45, 7) is 2.08. The van der Waals surface area contributed by atoms with Gasteiger partial charge in [0.15, 0.2) is 0 Å². The number of hydrogen-bond acceptors (Lipinski definition) is 3. The summed E-state index contributed by atoms with van der Waals surface area (Å²) in [5, 5.41) is 2.09. The molecule has 0 atom stereocenters. The summed E-state index contributed by atoms with van der Waals surface area (Å²) >= 11 is 1.72. The Kier molecular flexibility index (Phi) is 2.02. The predicted octanol–water partition coefficient (Wildman–Crippen LogP) is 2.70. The van der Waals surface area contributed by atoms with Crippen LogP contribution in [0.1, 0.15) is 4.88 Å². The molecule has 2 heterocycles. The molecule has 2 aromatic rings. The molecule has 2 rings (SSSR count). The molecule has 0 bridgehead atoms. The number of thiophene rings is 1. The molecule has 0 amide bonds. The van der Waals surface area contributed by atoms with Crippen molar-refractivity contribution in [2.24, 2.45) is 0 Å². The third kappa shape index (κ3) is 1.70. The van der Waals surface area contributed by atoms with Gasteiger partial charge in [0.25, 0.3) is 0 Å². The summed E-state index contributed by atoms with van der Waals surface area (Å²) in [4.78, 5) is 5.54. The van der Waals surface area contributed by atoms with Gasteiger partial charge < -0.3 is 5.73 Å². The molecule has 0 fully saturated rings. The zero-order chi connectivity index (χ0) is 9.26. The van der Waals surface area contributed by atoms with Crippen molar-refractivity contribution in [3.8, 4) is 11.3 Å². The molecule has 2 nitrogen and oxygen atoms in total. The van der Waals surface area contributed by atoms with Crippen LogP contribution >= 0.6 is 11.3 Å². The number of pyridine rings is 1. The number of nitrogen functional groups attached to an aromatic ring is 1. The molecule has 66 valence electrons. The molecule has 0 aliphatic rings. The second-order valence-electron chi connectivity index (χ2n) is 2.92. The van der Waals surface area contributed by atoms with Crippen LogP contribution in [0.3, 0.4) is 0 Å². The fourth-order valence-corrected chi connectivity index (χ4v) is 1.88. The fourth-order valence-electron chi connectivity index (χ4n) is 1.18. The Balaban J connectivity index is 2.46. The normalized spacial score (nSPS) is 10.2. The van der Waals surface area contributed by atoms with Crippen LogP contribution in [-0.4, -0.2) is 4.98 Å². The van der Waals surface area contributed by atoms with E-state index in [2.05, 4.69) is 23.4 Å². The number of hydrogen-bond donors (Lipinski definition) is 1. The summed E-state index contributed by atoms with van der Waals surface area (Å²) in [5.41, 5.74) is 8.52. The summed E-state index contributed by atoms with van der Waals surface area (Å²) in [6.07, 6.45) is 1.73. The van der Waals surface area contributed by atoms with Gasteiger partial charge in [0.1, 0.15) is 0 Å². The molecule has 2 aromatic heterocycles. The lowest BCUT2D eigenvalue weighted by Gasteiger charge is -1.97. The van der Waals surface area contributed by atoms with Crippen molar-refractivity contribution >= 4 is 17.0 Å². The van der Waals surface area contributed by atoms with Crippen LogP contribution in [0.15, 0.2) is 29.8 Å². The van der Waals surface area contributed by atoms with Gasteiger partial charge in [0.05, 0.1) is 5.69 Å². The van der Waals surface area contributed by atoms with E-state index in [1.807, 2.05) is 6.07 Å². The van der Waals surface area contributed by atoms with Gasteiger partial charge in [-0.2, -0.15) is 0 Å². The Hall–Kier alpha value is -1.35. The van der Waals surface area contributed by atoms with E-state index in [4.69, 9.17) is 5.73 Å². The molecule has 0 aliphatic heterocycles. The molecular formula is C10H10N2S. The van der Waals surface area contributed by atoms with Crippen molar-refractivity contribution in [2.45, 2.75) is 6.92 Å². The van der Waals surface area contributed by atoms with E-state index < -0.39 is 0 Å². The first-order chi connectivity index (χ1) is 6.25. The number of nitrogens with zero attached hydrogens (tertiary/aromatic N) is 1. The van der Waals surface area contributed by atoms with Crippen LogP contribution in [0.2, 0.25) is 0 Å². The Morgan fingerprint density at radius 3 is 2.85 bits per heavy atom. The number of nitrogens with two attached hydrogens (primary N) is 1. The molecule has 0 unspecified atom stereocenters. The summed E-state index contributed by atoms with van der Waals surface area (Å²) in [6, 6.07) is 5.80. The lowest BCUT2D eigenvalue weighted by atomic mass is 10.2. The van der Waals surface area contributed by atoms with Crippen LogP contribution in [0.5, 0.6) is 0 Å². The third-order valence-corrected chi connectivity index (χ3v) is 2.67. The van der Waals surface area contributed by atoms with Gasteiger partial charge in [-0.25, -0.2) is 0 Å². The number of aromatic nitrogens is 1. The van der Waals surface area contributed by atoms with Crippen molar-refractivity contribution in [1.29, 1.82) is 0 Å². The molecule has 0 aromatic carbocycles. The molecule has 0 aliphatic carbocycles. The molecule has 2 N–H and O–H groups in total. The lowest BCUT2D eigenvalue weighted by Crippen LogP contribution is -1.86. The largest absolute Gasteiger partial charge is 0.399 e. The fraction of sp³-hybridized carbons (Fsp3) is 0.100. The van der Waals surface area contributed by atoms with Crippen LogP contribution in [0.4, 0.5) is 5.69 Å². The number of anilines is 1. The highest BCUT2D eigenvalue weighted by atomic mass is 32.1. The first kappa shape index (κ1) is 8.26. The number of rotatable bonds is 1. The molecular weight excluding hydrogens is 180 g/mol. The maximum absolute atomic E-state index is 5.67. The highest BCUT2D eigenvalue weighted by molar-refractivity contribution is 7.10. The van der Waals surface area contributed by atoms with Crippen LogP contribution in [0.25, 0.3) is 11.3 Å². The average molecular weight is 190 g/mol. The molecule has 3 heteroatoms. The van der Waals surface area contributed by atoms with E-state index >= 15 is 0 Å². The van der Waals surface area contributed by atoms with Crippen molar-refractivity contribution in [1.82, 2.24) is 4.98 Å². The van der Waals surface area contributed by atoms with Gasteiger partial charge in [-0.3, -0.25) is 4.98 Å². The maximum atomic E-state index is 5.67. The van der Waals surface area contributed by atoms with E-state index in [0.29, 0.717) is 0 Å². The smallest absolute Gasteiger partial charge is 0.0730 e. The lowest BCUT2D eigenvalue weighted by molar-refractivity contribution is 1.33. The average Bonchev–Trinajstić information content (AvgIpc) is 2.52. The van der Waals surface area contributed by atoms with Gasteiger partial charge in [0.2, 0.25) is 0 Å². The highest BCUT2D eigenvalue weighted by Crippen LogP contribution is 2.24. The van der Waals surface area contributed by atoms with Crippen LogP contribution < -0.4 is 5.73 Å². The molecule has 0 radical (unpaired) electrons. The predicted molar refractivity (Wildman–Crippen MR) is 56.7 cm³/mol. The molecule has 0 saturated carbocycles. The second kappa shape index (κ2) is 3.18. The van der Waals surface area contributed by atoms with Crippen molar-refractivity contribution in [3.63, 3.8) is 0 Å². The van der Waals surface area contributed by atoms with E-state index in [0.717, 1.165) is 16.9 Å². The summed E-state index contributed by atoms with van der Waals surface area (Å²) < 4.78 is 0. The minimum Gasteiger partial charge on any atom is -0.399 e. The van der Waals surface area contributed by atoms with E-state index in [9.17, 15) is 0 Å². The minimum absolute atomic E-state index is 0.758. The Labute approximate surface area is 81.1 Å². The minimum atomic E-state index is 0.758. The summed E-state index contributed by atoms with van der Waals surface area (Å²) in [7, 11) is 0. The standard InChI is InChI=1S/C10H10N2S/c1-7-4-8(6-13-7)10-5-9(11)2-3-12-10/h2-6H,1H3,(H2,11,12).